The minimum atomic E-state index is -0.915. The molecule has 2 heterocycles. The Morgan fingerprint density at radius 3 is 2.75 bits per heavy atom. The average molecular weight is 368 g/mol. The van der Waals surface area contributed by atoms with Gasteiger partial charge in [-0.3, -0.25) is 0 Å². The zero-order valence-corrected chi connectivity index (χ0v) is 15.4. The summed E-state index contributed by atoms with van der Waals surface area (Å²) in [6, 6.07) is 4.46. The lowest BCUT2D eigenvalue weighted by Crippen LogP contribution is -2.27. The number of nitrogens with zero attached hydrogens (tertiary/aromatic N) is 3. The number of halogens is 2. The van der Waals surface area contributed by atoms with Gasteiger partial charge in [0, 0.05) is 11.5 Å². The third-order valence-corrected chi connectivity index (χ3v) is 4.79. The van der Waals surface area contributed by atoms with E-state index in [4.69, 9.17) is 11.6 Å². The molecule has 0 amide bonds. The van der Waals surface area contributed by atoms with Crippen LogP contribution >= 0.6 is 23.4 Å². The maximum absolute atomic E-state index is 13.6. The second kappa shape index (κ2) is 6.50. The molecular formula is C17H19ClFN3OS. The number of fused-ring (bicyclic) bond motifs is 3. The van der Waals surface area contributed by atoms with Gasteiger partial charge < -0.3 is 9.67 Å². The van der Waals surface area contributed by atoms with E-state index >= 15 is 0 Å². The molecule has 128 valence electrons. The van der Waals surface area contributed by atoms with Crippen molar-refractivity contribution in [2.75, 3.05) is 5.75 Å². The van der Waals surface area contributed by atoms with Gasteiger partial charge in [0.2, 0.25) is 0 Å². The molecule has 0 saturated carbocycles. The molecule has 24 heavy (non-hydrogen) atoms. The van der Waals surface area contributed by atoms with Crippen molar-refractivity contribution < 1.29 is 9.50 Å². The first kappa shape index (κ1) is 17.5. The lowest BCUT2D eigenvalue weighted by atomic mass is 10.1. The van der Waals surface area contributed by atoms with Gasteiger partial charge in [0.1, 0.15) is 17.2 Å². The van der Waals surface area contributed by atoms with Gasteiger partial charge in [0.05, 0.1) is 28.9 Å². The molecule has 0 atom stereocenters. The first-order valence-electron chi connectivity index (χ1n) is 7.74. The van der Waals surface area contributed by atoms with E-state index in [0.29, 0.717) is 23.3 Å². The highest BCUT2D eigenvalue weighted by molar-refractivity contribution is 7.98. The van der Waals surface area contributed by atoms with Crippen LogP contribution in [0.2, 0.25) is 5.15 Å². The lowest BCUT2D eigenvalue weighted by molar-refractivity contribution is 0.0620. The number of hydrogen-bond acceptors (Lipinski definition) is 4. The first-order valence-corrected chi connectivity index (χ1v) is 9.27. The van der Waals surface area contributed by atoms with Crippen molar-refractivity contribution in [1.29, 1.82) is 0 Å². The van der Waals surface area contributed by atoms with Crippen LogP contribution in [0.4, 0.5) is 4.39 Å². The fourth-order valence-electron chi connectivity index (χ4n) is 2.73. The van der Waals surface area contributed by atoms with Gasteiger partial charge in [-0.25, -0.2) is 14.4 Å². The molecule has 0 aliphatic heterocycles. The van der Waals surface area contributed by atoms with Crippen LogP contribution in [0.15, 0.2) is 18.2 Å². The summed E-state index contributed by atoms with van der Waals surface area (Å²) in [7, 11) is 0. The molecule has 2 aromatic heterocycles. The van der Waals surface area contributed by atoms with Crippen LogP contribution in [0.25, 0.3) is 21.9 Å². The first-order chi connectivity index (χ1) is 11.3. The summed E-state index contributed by atoms with van der Waals surface area (Å²) in [5, 5.41) is 11.3. The number of thioether (sulfide) groups is 1. The number of rotatable bonds is 5. The Balaban J connectivity index is 2.34. The number of aromatic nitrogens is 3. The summed E-state index contributed by atoms with van der Waals surface area (Å²) in [5.74, 6) is 2.14. The number of aliphatic hydroxyl groups is 1. The van der Waals surface area contributed by atoms with Crippen LogP contribution in [0, 0.1) is 5.82 Å². The zero-order chi connectivity index (χ0) is 17.5. The fraction of sp³-hybridized carbons (Fsp3) is 0.412. The van der Waals surface area contributed by atoms with Crippen molar-refractivity contribution in [3.05, 3.63) is 35.0 Å². The minimum absolute atomic E-state index is 0.250. The maximum atomic E-state index is 13.6. The van der Waals surface area contributed by atoms with E-state index in [1.807, 2.05) is 4.57 Å². The van der Waals surface area contributed by atoms with Gasteiger partial charge in [-0.2, -0.15) is 11.8 Å². The van der Waals surface area contributed by atoms with Crippen LogP contribution in [-0.2, 0) is 12.3 Å². The molecular weight excluding hydrogens is 349 g/mol. The molecule has 0 fully saturated rings. The standard InChI is InChI=1S/C17H19ClFN3OS/c1-4-24-8-13-21-14-15(22(13)9-17(2,3)23)11-6-5-10(19)7-12(11)20-16(14)18/h5-7,23H,4,8-9H2,1-3H3. The molecule has 4 nitrogen and oxygen atoms in total. The summed E-state index contributed by atoms with van der Waals surface area (Å²) in [6.45, 7) is 5.96. The third kappa shape index (κ3) is 3.36. The van der Waals surface area contributed by atoms with Crippen molar-refractivity contribution in [2.24, 2.45) is 0 Å². The molecule has 0 bridgehead atoms. The molecule has 0 saturated heterocycles. The van der Waals surface area contributed by atoms with E-state index in [9.17, 15) is 9.50 Å². The number of pyridine rings is 1. The molecule has 0 aliphatic carbocycles. The molecule has 7 heteroatoms. The van der Waals surface area contributed by atoms with E-state index in [2.05, 4.69) is 16.9 Å². The summed E-state index contributed by atoms with van der Waals surface area (Å²) >= 11 is 8.04. The van der Waals surface area contributed by atoms with E-state index < -0.39 is 5.60 Å². The normalized spacial score (nSPS) is 12.4. The zero-order valence-electron chi connectivity index (χ0n) is 13.8. The molecule has 0 unspecified atom stereocenters. The third-order valence-electron chi connectivity index (χ3n) is 3.66. The van der Waals surface area contributed by atoms with Crippen LogP contribution in [-0.4, -0.2) is 31.0 Å². The van der Waals surface area contributed by atoms with Crippen LogP contribution < -0.4 is 0 Å². The van der Waals surface area contributed by atoms with Gasteiger partial charge in [-0.15, -0.1) is 0 Å². The Morgan fingerprint density at radius 2 is 2.08 bits per heavy atom. The van der Waals surface area contributed by atoms with E-state index in [1.54, 1.807) is 31.7 Å². The maximum Gasteiger partial charge on any atom is 0.157 e. The molecule has 0 aliphatic rings. The minimum Gasteiger partial charge on any atom is -0.389 e. The second-order valence-electron chi connectivity index (χ2n) is 6.33. The second-order valence-corrected chi connectivity index (χ2v) is 7.96. The predicted octanol–water partition coefficient (Wildman–Crippen LogP) is 4.40. The van der Waals surface area contributed by atoms with Crippen molar-refractivity contribution in [3.63, 3.8) is 0 Å². The van der Waals surface area contributed by atoms with E-state index in [1.165, 1.54) is 12.1 Å². The summed E-state index contributed by atoms with van der Waals surface area (Å²) in [5.41, 5.74) is 0.950. The monoisotopic (exact) mass is 367 g/mol. The summed E-state index contributed by atoms with van der Waals surface area (Å²) in [6.07, 6.45) is 0. The van der Waals surface area contributed by atoms with Crippen LogP contribution in [0.1, 0.15) is 26.6 Å². The number of imidazole rings is 1. The van der Waals surface area contributed by atoms with Gasteiger partial charge in [0.15, 0.2) is 5.15 Å². The van der Waals surface area contributed by atoms with E-state index in [-0.39, 0.29) is 11.0 Å². The Kier molecular flexibility index (Phi) is 4.73. The molecule has 1 aromatic carbocycles. The molecule has 0 radical (unpaired) electrons. The Bertz CT molecular complexity index is 904. The Hall–Kier alpha value is -1.37. The number of benzene rings is 1. The quantitative estimate of drug-likeness (QED) is 0.679. The molecule has 3 rings (SSSR count). The van der Waals surface area contributed by atoms with Crippen molar-refractivity contribution in [3.8, 4) is 0 Å². The number of hydrogen-bond donors (Lipinski definition) is 1. The molecule has 0 spiro atoms. The van der Waals surface area contributed by atoms with Gasteiger partial charge >= 0.3 is 0 Å². The largest absolute Gasteiger partial charge is 0.389 e. The van der Waals surface area contributed by atoms with Crippen LogP contribution in [0.3, 0.4) is 0 Å². The summed E-state index contributed by atoms with van der Waals surface area (Å²) in [4.78, 5) is 8.93. The van der Waals surface area contributed by atoms with Crippen LogP contribution in [0.5, 0.6) is 0 Å². The van der Waals surface area contributed by atoms with Gasteiger partial charge in [-0.1, -0.05) is 18.5 Å². The SMILES string of the molecule is CCSCc1nc2c(Cl)nc3cc(F)ccc3c2n1CC(C)(C)O. The lowest BCUT2D eigenvalue weighted by Gasteiger charge is -2.20. The van der Waals surface area contributed by atoms with Crippen molar-refractivity contribution in [1.82, 2.24) is 14.5 Å². The summed E-state index contributed by atoms with van der Waals surface area (Å²) < 4.78 is 15.5. The predicted molar refractivity (Wildman–Crippen MR) is 98.1 cm³/mol. The van der Waals surface area contributed by atoms with Crippen molar-refractivity contribution in [2.45, 2.75) is 38.7 Å². The van der Waals surface area contributed by atoms with Gasteiger partial charge in [-0.05, 0) is 31.7 Å². The Labute approximate surface area is 149 Å². The fourth-order valence-corrected chi connectivity index (χ4v) is 3.56. The highest BCUT2D eigenvalue weighted by atomic mass is 35.5. The molecule has 1 N–H and O–H groups in total. The highest BCUT2D eigenvalue weighted by Crippen LogP contribution is 2.32. The highest BCUT2D eigenvalue weighted by Gasteiger charge is 2.22. The van der Waals surface area contributed by atoms with E-state index in [0.717, 1.165) is 22.5 Å². The smallest absolute Gasteiger partial charge is 0.157 e. The average Bonchev–Trinajstić information content (AvgIpc) is 2.82. The van der Waals surface area contributed by atoms with Gasteiger partial charge in [0.25, 0.3) is 0 Å². The van der Waals surface area contributed by atoms with Crippen molar-refractivity contribution >= 4 is 45.3 Å². The topological polar surface area (TPSA) is 50.9 Å². The molecule has 3 aromatic rings. The Morgan fingerprint density at radius 1 is 1.33 bits per heavy atom.